The van der Waals surface area contributed by atoms with E-state index in [0.717, 1.165) is 12.8 Å². The molecule has 0 spiro atoms. The molecule has 2 aliphatic rings. The SMILES string of the molecule is CCOC(=O)[C@@H]1CC[C@H]1C(=O)O.CCOC(=O)[C@@H]1CC[C@H]1CO.CSC.[B]. The highest BCUT2D eigenvalue weighted by Gasteiger charge is 2.42. The monoisotopic (exact) mass is 403 g/mol. The zero-order valence-corrected chi connectivity index (χ0v) is 17.5. The molecule has 2 saturated carbocycles. The largest absolute Gasteiger partial charge is 0.481 e. The first-order valence-electron chi connectivity index (χ1n) is 8.94. The van der Waals surface area contributed by atoms with Crippen molar-refractivity contribution in [3.05, 3.63) is 0 Å². The molecule has 2 fully saturated rings. The minimum absolute atomic E-state index is 0. The zero-order valence-electron chi connectivity index (χ0n) is 16.7. The molecule has 2 rings (SSSR count). The summed E-state index contributed by atoms with van der Waals surface area (Å²) >= 11 is 1.75. The number of aliphatic hydroxyl groups is 1. The Morgan fingerprint density at radius 1 is 0.889 bits per heavy atom. The third-order valence-corrected chi connectivity index (χ3v) is 4.42. The lowest BCUT2D eigenvalue weighted by Crippen LogP contribution is -2.39. The molecule has 2 aliphatic carbocycles. The number of ether oxygens (including phenoxy) is 2. The Hall–Kier alpha value is -1.22. The quantitative estimate of drug-likeness (QED) is 0.511. The average Bonchev–Trinajstić information content (AvgIpc) is 2.46. The van der Waals surface area contributed by atoms with Crippen molar-refractivity contribution < 1.29 is 34.1 Å². The Bertz CT molecular complexity index is 445. The minimum atomic E-state index is -0.890. The summed E-state index contributed by atoms with van der Waals surface area (Å²) in [5.74, 6) is -2.17. The van der Waals surface area contributed by atoms with Crippen molar-refractivity contribution >= 4 is 38.1 Å². The van der Waals surface area contributed by atoms with Gasteiger partial charge in [0, 0.05) is 15.0 Å². The van der Waals surface area contributed by atoms with E-state index in [1.54, 1.807) is 25.6 Å². The van der Waals surface area contributed by atoms with Crippen molar-refractivity contribution in [2.24, 2.45) is 23.7 Å². The second-order valence-electron chi connectivity index (χ2n) is 6.17. The number of thioether (sulfide) groups is 1. The fourth-order valence-corrected chi connectivity index (χ4v) is 2.67. The number of carboxylic acids is 1. The van der Waals surface area contributed by atoms with Gasteiger partial charge in [-0.2, -0.15) is 11.8 Å². The first kappa shape index (κ1) is 28.0. The predicted octanol–water partition coefficient (Wildman–Crippen LogP) is 1.83. The number of hydrogen-bond donors (Lipinski definition) is 2. The summed E-state index contributed by atoms with van der Waals surface area (Å²) in [6.07, 6.45) is 7.17. The maximum Gasteiger partial charge on any atom is 0.309 e. The smallest absolute Gasteiger partial charge is 0.309 e. The summed E-state index contributed by atoms with van der Waals surface area (Å²) in [5.41, 5.74) is 0. The maximum absolute atomic E-state index is 11.1. The van der Waals surface area contributed by atoms with Crippen molar-refractivity contribution in [1.29, 1.82) is 0 Å². The molecule has 0 unspecified atom stereocenters. The number of rotatable bonds is 6. The van der Waals surface area contributed by atoms with Gasteiger partial charge in [0.05, 0.1) is 31.0 Å². The number of carboxylic acid groups (broad SMARTS) is 1. The average molecular weight is 403 g/mol. The van der Waals surface area contributed by atoms with Gasteiger partial charge in [-0.3, -0.25) is 14.4 Å². The topological polar surface area (TPSA) is 110 Å². The lowest BCUT2D eigenvalue weighted by Gasteiger charge is -2.32. The molecule has 0 aliphatic heterocycles. The van der Waals surface area contributed by atoms with Crippen LogP contribution in [-0.2, 0) is 23.9 Å². The molecule has 3 radical (unpaired) electrons. The van der Waals surface area contributed by atoms with Crippen molar-refractivity contribution in [1.82, 2.24) is 0 Å². The molecule has 9 heteroatoms. The van der Waals surface area contributed by atoms with Crippen LogP contribution in [0.5, 0.6) is 0 Å². The van der Waals surface area contributed by atoms with Gasteiger partial charge in [0.1, 0.15) is 0 Å². The molecule has 0 heterocycles. The Labute approximate surface area is 168 Å². The lowest BCUT2D eigenvalue weighted by molar-refractivity contribution is -0.163. The van der Waals surface area contributed by atoms with Gasteiger partial charge in [-0.05, 0) is 58.0 Å². The van der Waals surface area contributed by atoms with Gasteiger partial charge in [-0.1, -0.05) is 0 Å². The Balaban J connectivity index is 0. The van der Waals surface area contributed by atoms with E-state index >= 15 is 0 Å². The molecule has 0 aromatic heterocycles. The fourth-order valence-electron chi connectivity index (χ4n) is 2.67. The third kappa shape index (κ3) is 9.51. The summed E-state index contributed by atoms with van der Waals surface area (Å²) in [6.45, 7) is 4.38. The van der Waals surface area contributed by atoms with Crippen LogP contribution in [0.15, 0.2) is 0 Å². The second-order valence-corrected chi connectivity index (χ2v) is 6.98. The molecule has 4 atom stereocenters. The van der Waals surface area contributed by atoms with Crippen LogP contribution in [0.4, 0.5) is 0 Å². The molecule has 155 valence electrons. The Kier molecular flexibility index (Phi) is 16.4. The zero-order chi connectivity index (χ0) is 20.1. The highest BCUT2D eigenvalue weighted by Crippen LogP contribution is 2.35. The van der Waals surface area contributed by atoms with Crippen molar-refractivity contribution in [3.8, 4) is 0 Å². The van der Waals surface area contributed by atoms with Gasteiger partial charge in [0.2, 0.25) is 0 Å². The molecule has 2 N–H and O–H groups in total. The van der Waals surface area contributed by atoms with Crippen molar-refractivity contribution in [2.45, 2.75) is 39.5 Å². The van der Waals surface area contributed by atoms with E-state index in [2.05, 4.69) is 0 Å². The minimum Gasteiger partial charge on any atom is -0.481 e. The number of aliphatic carboxylic acids is 1. The number of hydrogen-bond acceptors (Lipinski definition) is 7. The molecule has 0 aromatic carbocycles. The number of esters is 2. The van der Waals surface area contributed by atoms with Crippen LogP contribution >= 0.6 is 11.8 Å². The van der Waals surface area contributed by atoms with Gasteiger partial charge in [-0.25, -0.2) is 0 Å². The normalized spacial score (nSPS) is 24.8. The van der Waals surface area contributed by atoms with Gasteiger partial charge in [0.15, 0.2) is 0 Å². The number of carbonyl (C=O) groups excluding carboxylic acids is 2. The standard InChI is InChI=1S/C8H12O4.C8H14O3.C2H6S.B/c1-2-12-8(11)6-4-3-5(6)7(9)10;1-2-11-8(10)7-4-3-6(7)5-9;1-3-2;/h5-6H,2-4H2,1H3,(H,9,10);6-7,9H,2-5H2,1H3;1-2H3;/t5-,6-;6-,7+;;/m10../s1. The number of carbonyl (C=O) groups is 3. The van der Waals surface area contributed by atoms with Crippen LogP contribution in [0.1, 0.15) is 39.5 Å². The fraction of sp³-hybridized carbons (Fsp3) is 0.833. The van der Waals surface area contributed by atoms with Gasteiger partial charge in [-0.15, -0.1) is 0 Å². The summed E-state index contributed by atoms with van der Waals surface area (Å²) in [5, 5.41) is 17.4. The van der Waals surface area contributed by atoms with Crippen LogP contribution in [0.3, 0.4) is 0 Å². The van der Waals surface area contributed by atoms with E-state index in [0.29, 0.717) is 26.1 Å². The van der Waals surface area contributed by atoms with Crippen molar-refractivity contribution in [3.63, 3.8) is 0 Å². The molecular weight excluding hydrogens is 371 g/mol. The van der Waals surface area contributed by atoms with E-state index < -0.39 is 17.8 Å². The summed E-state index contributed by atoms with van der Waals surface area (Å²) in [7, 11) is 0. The van der Waals surface area contributed by atoms with Crippen LogP contribution < -0.4 is 0 Å². The first-order valence-corrected chi connectivity index (χ1v) is 10.6. The van der Waals surface area contributed by atoms with E-state index in [1.807, 2.05) is 12.5 Å². The first-order chi connectivity index (χ1) is 12.4. The lowest BCUT2D eigenvalue weighted by atomic mass is 9.74. The van der Waals surface area contributed by atoms with Gasteiger partial charge < -0.3 is 19.7 Å². The highest BCUT2D eigenvalue weighted by molar-refractivity contribution is 7.97. The van der Waals surface area contributed by atoms with E-state index in [9.17, 15) is 14.4 Å². The van der Waals surface area contributed by atoms with Gasteiger partial charge >= 0.3 is 17.9 Å². The third-order valence-electron chi connectivity index (χ3n) is 4.42. The molecule has 0 aromatic rings. The highest BCUT2D eigenvalue weighted by atomic mass is 32.2. The summed E-state index contributed by atoms with van der Waals surface area (Å²) in [4.78, 5) is 32.6. The Morgan fingerprint density at radius 2 is 1.30 bits per heavy atom. The van der Waals surface area contributed by atoms with Gasteiger partial charge in [0.25, 0.3) is 0 Å². The Morgan fingerprint density at radius 3 is 1.56 bits per heavy atom. The molecular formula is C18H32BO7S. The second kappa shape index (κ2) is 15.8. The van der Waals surface area contributed by atoms with Crippen LogP contribution in [0, 0.1) is 23.7 Å². The van der Waals surface area contributed by atoms with Crippen molar-refractivity contribution in [2.75, 3.05) is 32.3 Å². The summed E-state index contributed by atoms with van der Waals surface area (Å²) in [6, 6.07) is 0. The van der Waals surface area contributed by atoms with E-state index in [4.69, 9.17) is 19.7 Å². The molecule has 0 saturated heterocycles. The molecule has 7 nitrogen and oxygen atoms in total. The maximum atomic E-state index is 11.1. The van der Waals surface area contributed by atoms with Crippen LogP contribution in [-0.4, -0.2) is 68.9 Å². The van der Waals surface area contributed by atoms with Crippen LogP contribution in [0.2, 0.25) is 0 Å². The summed E-state index contributed by atoms with van der Waals surface area (Å²) < 4.78 is 9.55. The van der Waals surface area contributed by atoms with E-state index in [1.165, 1.54) is 0 Å². The molecule has 0 amide bonds. The van der Waals surface area contributed by atoms with E-state index in [-0.39, 0.29) is 38.8 Å². The van der Waals surface area contributed by atoms with Crippen LogP contribution in [0.25, 0.3) is 0 Å². The predicted molar refractivity (Wildman–Crippen MR) is 106 cm³/mol. The number of aliphatic hydroxyl groups excluding tert-OH is 1. The molecule has 27 heavy (non-hydrogen) atoms. The molecule has 0 bridgehead atoms.